The van der Waals surface area contributed by atoms with Gasteiger partial charge in [0.1, 0.15) is 5.82 Å². The Labute approximate surface area is 157 Å². The van der Waals surface area contributed by atoms with Gasteiger partial charge in [-0.15, -0.1) is 11.3 Å². The Balaban J connectivity index is 1.95. The largest absolute Gasteiger partial charge is 0.268 e. The second-order valence-electron chi connectivity index (χ2n) is 5.46. The number of aromatic nitrogens is 2. The summed E-state index contributed by atoms with van der Waals surface area (Å²) in [6.07, 6.45) is 3.87. The lowest BCUT2D eigenvalue weighted by Gasteiger charge is -2.11. The second kappa shape index (κ2) is 6.78. The summed E-state index contributed by atoms with van der Waals surface area (Å²) < 4.78 is 2.70. The van der Waals surface area contributed by atoms with Gasteiger partial charge in [-0.2, -0.15) is 0 Å². The average molecular weight is 409 g/mol. The third kappa shape index (κ3) is 3.21. The maximum absolute atomic E-state index is 13.0. The third-order valence-corrected chi connectivity index (χ3v) is 5.46. The number of para-hydroxylation sites is 2. The van der Waals surface area contributed by atoms with Gasteiger partial charge < -0.3 is 0 Å². The van der Waals surface area contributed by atoms with Crippen molar-refractivity contribution in [3.63, 3.8) is 0 Å². The van der Waals surface area contributed by atoms with E-state index in [2.05, 4.69) is 15.9 Å². The van der Waals surface area contributed by atoms with E-state index in [1.54, 1.807) is 15.9 Å². The number of hydrogen-bond acceptors (Lipinski definition) is 3. The topological polar surface area (TPSA) is 34.9 Å². The number of rotatable bonds is 3. The number of thiophene rings is 1. The zero-order valence-corrected chi connectivity index (χ0v) is 15.5. The predicted octanol–water partition coefficient (Wildman–Crippen LogP) is 5.38. The number of halogens is 1. The summed E-state index contributed by atoms with van der Waals surface area (Å²) in [4.78, 5) is 18.8. The molecule has 122 valence electrons. The van der Waals surface area contributed by atoms with Crippen LogP contribution in [0.1, 0.15) is 10.7 Å². The highest BCUT2D eigenvalue weighted by atomic mass is 79.9. The standard InChI is InChI=1S/C20H13BrN2OS/c21-14-12-16(25-13-14)10-11-19-22-18-9-5-4-8-17(18)20(24)23(19)15-6-2-1-3-7-15/h1-13H/b11-10+. The maximum Gasteiger partial charge on any atom is 0.266 e. The van der Waals surface area contributed by atoms with Gasteiger partial charge in [-0.3, -0.25) is 9.36 Å². The Morgan fingerprint density at radius 3 is 2.52 bits per heavy atom. The van der Waals surface area contributed by atoms with Crippen LogP contribution in [0.3, 0.4) is 0 Å². The molecule has 2 aromatic carbocycles. The van der Waals surface area contributed by atoms with E-state index in [4.69, 9.17) is 4.98 Å². The Hall–Kier alpha value is -2.50. The second-order valence-corrected chi connectivity index (χ2v) is 7.32. The summed E-state index contributed by atoms with van der Waals surface area (Å²) in [5.74, 6) is 0.611. The molecule has 0 N–H and O–H groups in total. The molecule has 4 aromatic rings. The molecule has 0 saturated carbocycles. The smallest absolute Gasteiger partial charge is 0.266 e. The lowest BCUT2D eigenvalue weighted by Crippen LogP contribution is -2.22. The van der Waals surface area contributed by atoms with Crippen molar-refractivity contribution in [3.8, 4) is 5.69 Å². The van der Waals surface area contributed by atoms with Crippen LogP contribution < -0.4 is 5.56 Å². The first-order valence-corrected chi connectivity index (χ1v) is 9.39. The number of nitrogens with zero attached hydrogens (tertiary/aromatic N) is 2. The summed E-state index contributed by atoms with van der Waals surface area (Å²) in [6.45, 7) is 0. The first kappa shape index (κ1) is 16.0. The highest BCUT2D eigenvalue weighted by molar-refractivity contribution is 9.10. The molecule has 0 aliphatic carbocycles. The van der Waals surface area contributed by atoms with E-state index in [0.717, 1.165) is 15.0 Å². The highest BCUT2D eigenvalue weighted by Crippen LogP contribution is 2.22. The van der Waals surface area contributed by atoms with E-state index in [1.807, 2.05) is 78.2 Å². The van der Waals surface area contributed by atoms with Crippen LogP contribution >= 0.6 is 27.3 Å². The van der Waals surface area contributed by atoms with Crippen LogP contribution in [0.2, 0.25) is 0 Å². The maximum atomic E-state index is 13.0. The van der Waals surface area contributed by atoms with Crippen molar-refractivity contribution >= 4 is 50.3 Å². The monoisotopic (exact) mass is 408 g/mol. The molecular formula is C20H13BrN2OS. The van der Waals surface area contributed by atoms with Crippen LogP contribution in [-0.4, -0.2) is 9.55 Å². The minimum Gasteiger partial charge on any atom is -0.268 e. The van der Waals surface area contributed by atoms with E-state index >= 15 is 0 Å². The highest BCUT2D eigenvalue weighted by Gasteiger charge is 2.10. The van der Waals surface area contributed by atoms with E-state index in [0.29, 0.717) is 16.7 Å². The number of fused-ring (bicyclic) bond motifs is 1. The summed E-state index contributed by atoms with van der Waals surface area (Å²) in [5, 5.41) is 2.64. The molecule has 3 nitrogen and oxygen atoms in total. The quantitative estimate of drug-likeness (QED) is 0.455. The molecule has 0 spiro atoms. The number of benzene rings is 2. The Morgan fingerprint density at radius 2 is 1.76 bits per heavy atom. The molecule has 4 rings (SSSR count). The van der Waals surface area contributed by atoms with Crippen LogP contribution in [0.25, 0.3) is 28.7 Å². The molecule has 0 aliphatic rings. The van der Waals surface area contributed by atoms with Gasteiger partial charge in [-0.05, 0) is 58.4 Å². The van der Waals surface area contributed by atoms with Crippen LogP contribution in [0.15, 0.2) is 75.3 Å². The molecule has 2 aromatic heterocycles. The van der Waals surface area contributed by atoms with Gasteiger partial charge in [0.05, 0.1) is 16.6 Å². The Bertz CT molecular complexity index is 1130. The molecule has 0 fully saturated rings. The molecule has 0 saturated heterocycles. The fraction of sp³-hybridized carbons (Fsp3) is 0. The lowest BCUT2D eigenvalue weighted by atomic mass is 10.2. The minimum atomic E-state index is -0.0659. The molecule has 0 aliphatic heterocycles. The summed E-state index contributed by atoms with van der Waals surface area (Å²) in [7, 11) is 0. The zero-order chi connectivity index (χ0) is 17.2. The van der Waals surface area contributed by atoms with Gasteiger partial charge in [0.15, 0.2) is 0 Å². The van der Waals surface area contributed by atoms with Gasteiger partial charge in [0.25, 0.3) is 5.56 Å². The van der Waals surface area contributed by atoms with Crippen molar-refractivity contribution in [1.82, 2.24) is 9.55 Å². The summed E-state index contributed by atoms with van der Waals surface area (Å²) in [6, 6.07) is 19.1. The van der Waals surface area contributed by atoms with Gasteiger partial charge in [-0.1, -0.05) is 30.3 Å². The van der Waals surface area contributed by atoms with Gasteiger partial charge >= 0.3 is 0 Å². The van der Waals surface area contributed by atoms with E-state index < -0.39 is 0 Å². The summed E-state index contributed by atoms with van der Waals surface area (Å²) >= 11 is 5.09. The Kier molecular flexibility index (Phi) is 4.34. The Morgan fingerprint density at radius 1 is 1.00 bits per heavy atom. The SMILES string of the molecule is O=c1c2ccccc2nc(/C=C/c2cc(Br)cs2)n1-c1ccccc1. The zero-order valence-electron chi connectivity index (χ0n) is 13.1. The van der Waals surface area contributed by atoms with E-state index in [1.165, 1.54) is 0 Å². The molecule has 0 amide bonds. The lowest BCUT2D eigenvalue weighted by molar-refractivity contribution is 0.944. The normalized spacial score (nSPS) is 11.4. The van der Waals surface area contributed by atoms with Gasteiger partial charge in [0, 0.05) is 14.7 Å². The first-order chi connectivity index (χ1) is 12.2. The third-order valence-electron chi connectivity index (χ3n) is 3.80. The molecule has 0 bridgehead atoms. The molecule has 0 atom stereocenters. The van der Waals surface area contributed by atoms with E-state index in [-0.39, 0.29) is 5.56 Å². The molecule has 0 unspecified atom stereocenters. The molecule has 2 heterocycles. The van der Waals surface area contributed by atoms with E-state index in [9.17, 15) is 4.79 Å². The molecule has 5 heteroatoms. The van der Waals surface area contributed by atoms with Crippen molar-refractivity contribution in [3.05, 3.63) is 91.6 Å². The van der Waals surface area contributed by atoms with Gasteiger partial charge in [0.2, 0.25) is 0 Å². The molecule has 25 heavy (non-hydrogen) atoms. The van der Waals surface area contributed by atoms with Gasteiger partial charge in [-0.25, -0.2) is 4.98 Å². The average Bonchev–Trinajstić information content (AvgIpc) is 3.06. The van der Waals surface area contributed by atoms with Crippen LogP contribution in [0.5, 0.6) is 0 Å². The van der Waals surface area contributed by atoms with Crippen molar-refractivity contribution in [1.29, 1.82) is 0 Å². The first-order valence-electron chi connectivity index (χ1n) is 7.72. The van der Waals surface area contributed by atoms with Crippen LogP contribution in [-0.2, 0) is 0 Å². The fourth-order valence-corrected chi connectivity index (χ4v) is 4.00. The summed E-state index contributed by atoms with van der Waals surface area (Å²) in [5.41, 5.74) is 1.44. The predicted molar refractivity (Wildman–Crippen MR) is 108 cm³/mol. The van der Waals surface area contributed by atoms with Crippen molar-refractivity contribution < 1.29 is 0 Å². The van der Waals surface area contributed by atoms with Crippen LogP contribution in [0.4, 0.5) is 0 Å². The van der Waals surface area contributed by atoms with Crippen LogP contribution in [0, 0.1) is 0 Å². The van der Waals surface area contributed by atoms with Crippen molar-refractivity contribution in [2.24, 2.45) is 0 Å². The van der Waals surface area contributed by atoms with Crippen molar-refractivity contribution in [2.45, 2.75) is 0 Å². The fourth-order valence-electron chi connectivity index (χ4n) is 2.66. The molecular weight excluding hydrogens is 396 g/mol. The van der Waals surface area contributed by atoms with Crippen molar-refractivity contribution in [2.75, 3.05) is 0 Å². The molecule has 0 radical (unpaired) electrons. The minimum absolute atomic E-state index is 0.0659. The number of hydrogen-bond donors (Lipinski definition) is 0.